The molecule has 1 fully saturated rings. The summed E-state index contributed by atoms with van der Waals surface area (Å²) in [6.07, 6.45) is 11.9. The van der Waals surface area contributed by atoms with Gasteiger partial charge in [0, 0.05) is 20.3 Å². The lowest BCUT2D eigenvalue weighted by molar-refractivity contribution is -0.272. The number of nitrogens with one attached hydrogen (secondary N) is 1. The molecule has 1 unspecified atom stereocenters. The molecule has 0 bridgehead atoms. The summed E-state index contributed by atoms with van der Waals surface area (Å²) in [5, 5.41) is 22.3. The van der Waals surface area contributed by atoms with Crippen LogP contribution in [-0.2, 0) is 38.1 Å². The third kappa shape index (κ3) is 16.4. The van der Waals surface area contributed by atoms with Gasteiger partial charge in [0.15, 0.2) is 18.5 Å². The van der Waals surface area contributed by atoms with Gasteiger partial charge in [-0.05, 0) is 13.3 Å². The number of carbonyl (C=O) groups excluding carboxylic acids is 3. The molecule has 11 heteroatoms. The smallest absolute Gasteiger partial charge is 0.332 e. The molecule has 0 aromatic heterocycles. The molecule has 1 saturated heterocycles. The Labute approximate surface area is 251 Å². The molecule has 11 nitrogen and oxygen atoms in total. The van der Waals surface area contributed by atoms with Crippen LogP contribution in [0, 0.1) is 0 Å². The van der Waals surface area contributed by atoms with Crippen molar-refractivity contribution in [3.05, 3.63) is 0 Å². The van der Waals surface area contributed by atoms with Gasteiger partial charge < -0.3 is 34.5 Å². The van der Waals surface area contributed by atoms with Crippen molar-refractivity contribution in [3.8, 4) is 0 Å². The van der Waals surface area contributed by atoms with Gasteiger partial charge in [0.25, 0.3) is 0 Å². The summed E-state index contributed by atoms with van der Waals surface area (Å²) in [6, 6.07) is -1.22. The molecule has 1 aliphatic heterocycles. The summed E-state index contributed by atoms with van der Waals surface area (Å²) in [5.41, 5.74) is 0. The number of aliphatic carboxylic acids is 1. The van der Waals surface area contributed by atoms with Crippen molar-refractivity contribution in [2.45, 2.75) is 167 Å². The van der Waals surface area contributed by atoms with Crippen LogP contribution in [0.4, 0.5) is 0 Å². The highest BCUT2D eigenvalue weighted by Crippen LogP contribution is 2.27. The number of hydrogen-bond acceptors (Lipinski definition) is 9. The molecule has 1 aliphatic rings. The molecule has 1 amide bonds. The van der Waals surface area contributed by atoms with E-state index in [4.69, 9.17) is 18.9 Å². The number of ether oxygens (including phenoxy) is 4. The van der Waals surface area contributed by atoms with Gasteiger partial charge in [-0.3, -0.25) is 14.4 Å². The van der Waals surface area contributed by atoms with Crippen molar-refractivity contribution in [2.24, 2.45) is 0 Å². The van der Waals surface area contributed by atoms with Gasteiger partial charge >= 0.3 is 17.9 Å². The third-order valence-electron chi connectivity index (χ3n) is 7.44. The van der Waals surface area contributed by atoms with Gasteiger partial charge in [0.1, 0.15) is 24.9 Å². The second-order valence-corrected chi connectivity index (χ2v) is 11.3. The average Bonchev–Trinajstić information content (AvgIpc) is 2.92. The number of rotatable bonds is 23. The van der Waals surface area contributed by atoms with E-state index in [-0.39, 0.29) is 13.0 Å². The minimum Gasteiger partial charge on any atom is -0.479 e. The van der Waals surface area contributed by atoms with Crippen LogP contribution in [0.3, 0.4) is 0 Å². The van der Waals surface area contributed by atoms with E-state index < -0.39 is 60.6 Å². The summed E-state index contributed by atoms with van der Waals surface area (Å²) in [4.78, 5) is 47.3. The van der Waals surface area contributed by atoms with Crippen molar-refractivity contribution < 1.29 is 48.3 Å². The fourth-order valence-corrected chi connectivity index (χ4v) is 5.12. The fraction of sp³-hybridized carbons (Fsp3) is 0.871. The van der Waals surface area contributed by atoms with E-state index >= 15 is 0 Å². The van der Waals surface area contributed by atoms with E-state index in [9.17, 15) is 29.4 Å². The van der Waals surface area contributed by atoms with E-state index in [1.807, 2.05) is 0 Å². The Hall–Kier alpha value is -2.24. The number of carbonyl (C=O) groups is 4. The van der Waals surface area contributed by atoms with E-state index in [1.54, 1.807) is 0 Å². The largest absolute Gasteiger partial charge is 0.479 e. The quantitative estimate of drug-likeness (QED) is 0.110. The molecule has 1 heterocycles. The molecule has 3 N–H and O–H groups in total. The van der Waals surface area contributed by atoms with Crippen LogP contribution in [0.5, 0.6) is 0 Å². The van der Waals surface area contributed by atoms with Crippen LogP contribution < -0.4 is 5.32 Å². The van der Waals surface area contributed by atoms with E-state index in [2.05, 4.69) is 12.2 Å². The van der Waals surface area contributed by atoms with Crippen molar-refractivity contribution in [1.82, 2.24) is 5.32 Å². The summed E-state index contributed by atoms with van der Waals surface area (Å²) < 4.78 is 21.8. The minimum atomic E-state index is -1.62. The van der Waals surface area contributed by atoms with E-state index in [1.165, 1.54) is 84.5 Å². The summed E-state index contributed by atoms with van der Waals surface area (Å²) in [6.45, 7) is 5.52. The maximum atomic E-state index is 12.4. The van der Waals surface area contributed by atoms with Crippen LogP contribution in [0.2, 0.25) is 0 Å². The minimum absolute atomic E-state index is 0.219. The molecular weight excluding hydrogens is 546 g/mol. The molecule has 6 atom stereocenters. The summed E-state index contributed by atoms with van der Waals surface area (Å²) in [7, 11) is 0. The van der Waals surface area contributed by atoms with Crippen LogP contribution in [0.25, 0.3) is 0 Å². The van der Waals surface area contributed by atoms with Crippen molar-refractivity contribution in [1.29, 1.82) is 0 Å². The highest BCUT2D eigenvalue weighted by Gasteiger charge is 2.50. The number of aliphatic hydroxyl groups excluding tert-OH is 1. The number of carboxylic acids is 1. The lowest BCUT2D eigenvalue weighted by Crippen LogP contribution is -2.66. The second-order valence-electron chi connectivity index (χ2n) is 11.3. The molecule has 0 aliphatic carbocycles. The lowest BCUT2D eigenvalue weighted by atomic mass is 9.96. The summed E-state index contributed by atoms with van der Waals surface area (Å²) in [5.74, 6) is -2.99. The molecule has 1 rings (SSSR count). The van der Waals surface area contributed by atoms with Gasteiger partial charge in [0.2, 0.25) is 5.91 Å². The van der Waals surface area contributed by atoms with Gasteiger partial charge in [-0.15, -0.1) is 0 Å². The Morgan fingerprint density at radius 3 is 1.76 bits per heavy atom. The zero-order valence-corrected chi connectivity index (χ0v) is 26.1. The molecule has 0 spiro atoms. The SMILES string of the molecule is CCCCCCCCCCCCCCCCCC(=O)OC[C@H]1O[C@H](O)[C@H](NC(C)=O)[C@@H](OC(C)C(=O)O)[C@@H]1OC(C)=O. The van der Waals surface area contributed by atoms with Crippen molar-refractivity contribution >= 4 is 23.8 Å². The first-order chi connectivity index (χ1) is 20.1. The van der Waals surface area contributed by atoms with Crippen LogP contribution >= 0.6 is 0 Å². The normalized spacial score (nSPS) is 22.7. The molecule has 0 aromatic carbocycles. The van der Waals surface area contributed by atoms with Crippen molar-refractivity contribution in [2.75, 3.05) is 6.61 Å². The Kier molecular flexibility index (Phi) is 20.1. The predicted molar refractivity (Wildman–Crippen MR) is 157 cm³/mol. The zero-order valence-electron chi connectivity index (χ0n) is 26.1. The Balaban J connectivity index is 2.39. The number of esters is 2. The topological polar surface area (TPSA) is 158 Å². The first-order valence-corrected chi connectivity index (χ1v) is 15.9. The Morgan fingerprint density at radius 1 is 0.810 bits per heavy atom. The number of carboxylic acid groups (broad SMARTS) is 1. The number of aliphatic hydroxyl groups is 1. The van der Waals surface area contributed by atoms with Crippen molar-refractivity contribution in [3.63, 3.8) is 0 Å². The number of amides is 1. The van der Waals surface area contributed by atoms with Crippen LogP contribution in [-0.4, -0.2) is 77.4 Å². The highest BCUT2D eigenvalue weighted by molar-refractivity contribution is 5.73. The third-order valence-corrected chi connectivity index (χ3v) is 7.44. The van der Waals surface area contributed by atoms with E-state index in [0.29, 0.717) is 6.42 Å². The molecule has 0 saturated carbocycles. The zero-order chi connectivity index (χ0) is 31.3. The first kappa shape index (κ1) is 37.8. The monoisotopic (exact) mass is 601 g/mol. The first-order valence-electron chi connectivity index (χ1n) is 15.9. The predicted octanol–water partition coefficient (Wildman–Crippen LogP) is 4.80. The molecule has 0 aromatic rings. The maximum Gasteiger partial charge on any atom is 0.332 e. The lowest BCUT2D eigenvalue weighted by Gasteiger charge is -2.44. The van der Waals surface area contributed by atoms with Crippen LogP contribution in [0.1, 0.15) is 130 Å². The molecule has 0 radical (unpaired) electrons. The van der Waals surface area contributed by atoms with Crippen LogP contribution in [0.15, 0.2) is 0 Å². The van der Waals surface area contributed by atoms with E-state index in [0.717, 1.165) is 26.2 Å². The Bertz CT molecular complexity index is 792. The second kappa shape index (κ2) is 22.3. The van der Waals surface area contributed by atoms with Gasteiger partial charge in [-0.2, -0.15) is 0 Å². The number of unbranched alkanes of at least 4 members (excludes halogenated alkanes) is 14. The van der Waals surface area contributed by atoms with Gasteiger partial charge in [0.05, 0.1) is 0 Å². The summed E-state index contributed by atoms with van der Waals surface area (Å²) >= 11 is 0. The average molecular weight is 602 g/mol. The standard InChI is InChI=1S/C31H55NO10/c1-5-6-7-8-9-10-11-12-13-14-15-16-17-18-19-20-26(35)39-21-25-28(41-24(4)34)29(40-22(2)30(36)37)27(31(38)42-25)32-23(3)33/h22,25,27-29,31,38H,5-21H2,1-4H3,(H,32,33)(H,36,37)/t22?,25-,27-,28-,29-,31+/m1/s1. The van der Waals surface area contributed by atoms with Gasteiger partial charge in [-0.1, -0.05) is 96.8 Å². The fourth-order valence-electron chi connectivity index (χ4n) is 5.12. The molecule has 42 heavy (non-hydrogen) atoms. The highest BCUT2D eigenvalue weighted by atomic mass is 16.7. The number of hydrogen-bond donors (Lipinski definition) is 3. The Morgan fingerprint density at radius 2 is 1.31 bits per heavy atom. The van der Waals surface area contributed by atoms with Gasteiger partial charge in [-0.25, -0.2) is 4.79 Å². The molecular formula is C31H55NO10. The molecule has 244 valence electrons. The maximum absolute atomic E-state index is 12.4.